The van der Waals surface area contributed by atoms with Crippen LogP contribution in [0.2, 0.25) is 0 Å². The zero-order valence-electron chi connectivity index (χ0n) is 10.8. The van der Waals surface area contributed by atoms with E-state index < -0.39 is 10.0 Å². The first kappa shape index (κ1) is 14.4. The summed E-state index contributed by atoms with van der Waals surface area (Å²) in [5.41, 5.74) is 0.808. The third-order valence-corrected chi connectivity index (χ3v) is 4.80. The standard InChI is InChI=1S/C12H17N3O2S2/c1-8(2)11-7-18-12(15-11)14-9-3-5-10(6-4-9)19(13,16)17/h3-6,8,11H,7H2,1-2H3,(H,14,15)(H2,13,16,17)/t11-/m1/s1. The van der Waals surface area contributed by atoms with E-state index in [4.69, 9.17) is 5.14 Å². The van der Waals surface area contributed by atoms with Gasteiger partial charge in [-0.2, -0.15) is 0 Å². The van der Waals surface area contributed by atoms with Crippen molar-refractivity contribution in [3.05, 3.63) is 24.3 Å². The molecular weight excluding hydrogens is 282 g/mol. The zero-order valence-corrected chi connectivity index (χ0v) is 12.5. The summed E-state index contributed by atoms with van der Waals surface area (Å²) in [7, 11) is -3.63. The Bertz CT molecular complexity index is 579. The van der Waals surface area contributed by atoms with Gasteiger partial charge in [0.25, 0.3) is 0 Å². The number of thioether (sulfide) groups is 1. The molecule has 0 unspecified atom stereocenters. The molecule has 19 heavy (non-hydrogen) atoms. The summed E-state index contributed by atoms with van der Waals surface area (Å²) in [4.78, 5) is 4.69. The second kappa shape index (κ2) is 5.52. The molecule has 1 atom stereocenters. The number of benzene rings is 1. The number of nitrogens with zero attached hydrogens (tertiary/aromatic N) is 1. The molecule has 0 fully saturated rings. The van der Waals surface area contributed by atoms with Crippen LogP contribution >= 0.6 is 11.8 Å². The molecule has 0 saturated carbocycles. The summed E-state index contributed by atoms with van der Waals surface area (Å²) in [5, 5.41) is 9.10. The fraction of sp³-hybridized carbons (Fsp3) is 0.417. The van der Waals surface area contributed by atoms with Gasteiger partial charge in [0.1, 0.15) is 0 Å². The topological polar surface area (TPSA) is 84.5 Å². The second-order valence-corrected chi connectivity index (χ2v) is 7.32. The SMILES string of the molecule is CC(C)[C@H]1CSC(Nc2ccc(S(N)(=O)=O)cc2)=N1. The Labute approximate surface area is 117 Å². The van der Waals surface area contributed by atoms with Gasteiger partial charge in [-0.3, -0.25) is 4.99 Å². The Balaban J connectivity index is 2.07. The van der Waals surface area contributed by atoms with Crippen molar-refractivity contribution in [2.24, 2.45) is 16.0 Å². The second-order valence-electron chi connectivity index (χ2n) is 4.75. The summed E-state index contributed by atoms with van der Waals surface area (Å²) >= 11 is 1.68. The van der Waals surface area contributed by atoms with Crippen molar-refractivity contribution >= 4 is 32.6 Å². The predicted molar refractivity (Wildman–Crippen MR) is 80.0 cm³/mol. The molecule has 0 saturated heterocycles. The molecule has 0 aliphatic carbocycles. The third-order valence-electron chi connectivity index (χ3n) is 2.88. The van der Waals surface area contributed by atoms with E-state index in [0.717, 1.165) is 16.6 Å². The lowest BCUT2D eigenvalue weighted by Gasteiger charge is -2.08. The van der Waals surface area contributed by atoms with Crippen LogP contribution in [0.5, 0.6) is 0 Å². The van der Waals surface area contributed by atoms with Crippen LogP contribution in [0.3, 0.4) is 0 Å². The van der Waals surface area contributed by atoms with Crippen LogP contribution in [0, 0.1) is 5.92 Å². The molecule has 0 bridgehead atoms. The van der Waals surface area contributed by atoms with Crippen LogP contribution in [0.1, 0.15) is 13.8 Å². The lowest BCUT2D eigenvalue weighted by atomic mass is 10.1. The minimum Gasteiger partial charge on any atom is -0.335 e. The predicted octanol–water partition coefficient (Wildman–Crippen LogP) is 1.87. The molecule has 1 heterocycles. The van der Waals surface area contributed by atoms with E-state index >= 15 is 0 Å². The molecule has 3 N–H and O–H groups in total. The van der Waals surface area contributed by atoms with Gasteiger partial charge in [-0.05, 0) is 30.2 Å². The smallest absolute Gasteiger partial charge is 0.238 e. The number of sulfonamides is 1. The van der Waals surface area contributed by atoms with E-state index in [0.29, 0.717) is 12.0 Å². The van der Waals surface area contributed by atoms with Crippen molar-refractivity contribution in [3.8, 4) is 0 Å². The summed E-state index contributed by atoms with van der Waals surface area (Å²) in [6.07, 6.45) is 0. The monoisotopic (exact) mass is 299 g/mol. The van der Waals surface area contributed by atoms with E-state index in [2.05, 4.69) is 24.2 Å². The molecule has 7 heteroatoms. The number of anilines is 1. The Morgan fingerprint density at radius 3 is 2.47 bits per heavy atom. The lowest BCUT2D eigenvalue weighted by Crippen LogP contribution is -2.12. The van der Waals surface area contributed by atoms with Crippen LogP contribution in [-0.2, 0) is 10.0 Å². The first-order valence-corrected chi connectivity index (χ1v) is 8.50. The molecule has 0 amide bonds. The molecule has 104 valence electrons. The summed E-state index contributed by atoms with van der Waals surface area (Å²) in [6, 6.07) is 6.68. The molecule has 5 nitrogen and oxygen atoms in total. The van der Waals surface area contributed by atoms with Crippen molar-refractivity contribution < 1.29 is 8.42 Å². The molecule has 0 aromatic heterocycles. The quantitative estimate of drug-likeness (QED) is 0.892. The highest BCUT2D eigenvalue weighted by Gasteiger charge is 2.21. The Hall–Kier alpha value is -1.05. The highest BCUT2D eigenvalue weighted by Crippen LogP contribution is 2.24. The average molecular weight is 299 g/mol. The highest BCUT2D eigenvalue weighted by molar-refractivity contribution is 8.14. The summed E-state index contributed by atoms with van der Waals surface area (Å²) < 4.78 is 22.3. The molecule has 1 aromatic rings. The van der Waals surface area contributed by atoms with Gasteiger partial charge >= 0.3 is 0 Å². The van der Waals surface area contributed by atoms with Crippen LogP contribution in [-0.4, -0.2) is 25.4 Å². The van der Waals surface area contributed by atoms with Gasteiger partial charge in [0.2, 0.25) is 10.0 Å². The first-order chi connectivity index (χ1) is 8.86. The van der Waals surface area contributed by atoms with Crippen LogP contribution < -0.4 is 10.5 Å². The van der Waals surface area contributed by atoms with Gasteiger partial charge < -0.3 is 5.32 Å². The van der Waals surface area contributed by atoms with Gasteiger partial charge in [-0.1, -0.05) is 25.6 Å². The zero-order chi connectivity index (χ0) is 14.0. The number of hydrogen-bond acceptors (Lipinski definition) is 5. The maximum Gasteiger partial charge on any atom is 0.238 e. The Morgan fingerprint density at radius 2 is 2.00 bits per heavy atom. The van der Waals surface area contributed by atoms with Crippen LogP contribution in [0.25, 0.3) is 0 Å². The first-order valence-electron chi connectivity index (χ1n) is 5.97. The molecule has 2 rings (SSSR count). The van der Waals surface area contributed by atoms with Crippen LogP contribution in [0.15, 0.2) is 34.2 Å². The van der Waals surface area contributed by atoms with Crippen molar-refractivity contribution in [2.45, 2.75) is 24.8 Å². The fourth-order valence-corrected chi connectivity index (χ4v) is 3.35. The van der Waals surface area contributed by atoms with Gasteiger partial charge in [0, 0.05) is 11.4 Å². The van der Waals surface area contributed by atoms with E-state index in [9.17, 15) is 8.42 Å². The number of amidine groups is 1. The minimum absolute atomic E-state index is 0.110. The number of aliphatic imine (C=N–C) groups is 1. The van der Waals surface area contributed by atoms with Gasteiger partial charge in [-0.25, -0.2) is 13.6 Å². The lowest BCUT2D eigenvalue weighted by molar-refractivity contribution is 0.543. The van der Waals surface area contributed by atoms with E-state index in [1.807, 2.05) is 0 Å². The minimum atomic E-state index is -3.63. The maximum atomic E-state index is 11.1. The summed E-state index contributed by atoms with van der Waals surface area (Å²) in [6.45, 7) is 4.30. The number of hydrogen-bond donors (Lipinski definition) is 2. The molecular formula is C12H17N3O2S2. The van der Waals surface area contributed by atoms with E-state index in [-0.39, 0.29) is 4.90 Å². The molecule has 1 aromatic carbocycles. The molecule has 1 aliphatic rings. The van der Waals surface area contributed by atoms with Crippen molar-refractivity contribution in [1.82, 2.24) is 0 Å². The van der Waals surface area contributed by atoms with Crippen LogP contribution in [0.4, 0.5) is 5.69 Å². The van der Waals surface area contributed by atoms with Crippen molar-refractivity contribution in [2.75, 3.05) is 11.1 Å². The largest absolute Gasteiger partial charge is 0.335 e. The normalized spacial score (nSPS) is 19.6. The molecule has 0 radical (unpaired) electrons. The fourth-order valence-electron chi connectivity index (χ4n) is 1.65. The maximum absolute atomic E-state index is 11.1. The van der Waals surface area contributed by atoms with E-state index in [1.165, 1.54) is 12.1 Å². The average Bonchev–Trinajstić information content (AvgIpc) is 2.77. The van der Waals surface area contributed by atoms with Gasteiger partial charge in [-0.15, -0.1) is 0 Å². The summed E-state index contributed by atoms with van der Waals surface area (Å²) in [5.74, 6) is 1.51. The highest BCUT2D eigenvalue weighted by atomic mass is 32.2. The number of nitrogens with two attached hydrogens (primary N) is 1. The van der Waals surface area contributed by atoms with E-state index in [1.54, 1.807) is 23.9 Å². The Kier molecular flexibility index (Phi) is 4.17. The van der Waals surface area contributed by atoms with Crippen molar-refractivity contribution in [1.29, 1.82) is 0 Å². The third kappa shape index (κ3) is 3.71. The number of nitrogens with one attached hydrogen (secondary N) is 1. The van der Waals surface area contributed by atoms with Crippen molar-refractivity contribution in [3.63, 3.8) is 0 Å². The molecule has 1 aliphatic heterocycles. The Morgan fingerprint density at radius 1 is 1.37 bits per heavy atom. The number of primary sulfonamides is 1. The molecule has 0 spiro atoms. The van der Waals surface area contributed by atoms with Gasteiger partial charge in [0.05, 0.1) is 10.9 Å². The number of rotatable bonds is 3. The van der Waals surface area contributed by atoms with Gasteiger partial charge in [0.15, 0.2) is 5.17 Å².